The number of anilines is 2. The van der Waals surface area contributed by atoms with Crippen molar-refractivity contribution in [2.45, 2.75) is 19.9 Å². The molecule has 150 valence electrons. The first kappa shape index (κ1) is 20.3. The quantitative estimate of drug-likeness (QED) is 0.529. The van der Waals surface area contributed by atoms with Crippen molar-refractivity contribution in [2.75, 3.05) is 17.2 Å². The summed E-state index contributed by atoms with van der Waals surface area (Å²) in [4.78, 5) is 36.8. The number of ether oxygens (including phenoxy) is 1. The summed E-state index contributed by atoms with van der Waals surface area (Å²) < 4.78 is 5.94. The molecule has 1 atom stereocenters. The van der Waals surface area contributed by atoms with Crippen molar-refractivity contribution in [3.05, 3.63) is 59.5 Å². The summed E-state index contributed by atoms with van der Waals surface area (Å²) in [6.45, 7) is 3.67. The van der Waals surface area contributed by atoms with Gasteiger partial charge in [-0.15, -0.1) is 11.3 Å². The number of rotatable bonds is 6. The van der Waals surface area contributed by atoms with Gasteiger partial charge in [-0.1, -0.05) is 18.2 Å². The molecule has 7 nitrogen and oxygen atoms in total. The van der Waals surface area contributed by atoms with Crippen LogP contribution in [0, 0.1) is 0 Å². The van der Waals surface area contributed by atoms with Crippen molar-refractivity contribution >= 4 is 50.7 Å². The molecule has 0 fully saturated rings. The van der Waals surface area contributed by atoms with Crippen LogP contribution in [0.1, 0.15) is 23.5 Å². The summed E-state index contributed by atoms with van der Waals surface area (Å²) in [7, 11) is 0. The number of fused-ring (bicyclic) bond motifs is 1. The summed E-state index contributed by atoms with van der Waals surface area (Å²) >= 11 is 1.34. The Kier molecular flexibility index (Phi) is 6.46. The maximum atomic E-state index is 12.4. The highest BCUT2D eigenvalue weighted by molar-refractivity contribution is 7.20. The molecule has 3 N–H and O–H groups in total. The first-order valence-electron chi connectivity index (χ1n) is 9.10. The van der Waals surface area contributed by atoms with Crippen LogP contribution in [0.4, 0.5) is 16.2 Å². The topological polar surface area (TPSA) is 96.5 Å². The molecule has 0 spiro atoms. The number of para-hydroxylation sites is 1. The number of hydrogen-bond donors (Lipinski definition) is 3. The van der Waals surface area contributed by atoms with E-state index in [0.29, 0.717) is 22.9 Å². The lowest BCUT2D eigenvalue weighted by Crippen LogP contribution is -2.43. The predicted molar refractivity (Wildman–Crippen MR) is 114 cm³/mol. The van der Waals surface area contributed by atoms with E-state index in [-0.39, 0.29) is 11.9 Å². The minimum absolute atomic E-state index is 0.317. The zero-order chi connectivity index (χ0) is 20.8. The van der Waals surface area contributed by atoms with E-state index >= 15 is 0 Å². The van der Waals surface area contributed by atoms with Gasteiger partial charge in [-0.2, -0.15) is 0 Å². The van der Waals surface area contributed by atoms with Crippen molar-refractivity contribution in [3.8, 4) is 0 Å². The van der Waals surface area contributed by atoms with Crippen LogP contribution in [0.15, 0.2) is 54.6 Å². The van der Waals surface area contributed by atoms with Gasteiger partial charge < -0.3 is 20.7 Å². The molecule has 0 bridgehead atoms. The van der Waals surface area contributed by atoms with Crippen molar-refractivity contribution in [1.29, 1.82) is 0 Å². The van der Waals surface area contributed by atoms with Crippen LogP contribution in [-0.4, -0.2) is 30.6 Å². The van der Waals surface area contributed by atoms with E-state index in [1.807, 2.05) is 12.1 Å². The van der Waals surface area contributed by atoms with Crippen LogP contribution in [0.25, 0.3) is 10.1 Å². The summed E-state index contributed by atoms with van der Waals surface area (Å²) in [5.41, 5.74) is 1.21. The molecular weight excluding hydrogens is 390 g/mol. The Morgan fingerprint density at radius 2 is 1.76 bits per heavy atom. The molecule has 0 saturated carbocycles. The molecule has 8 heteroatoms. The Hall–Kier alpha value is -3.39. The molecule has 3 rings (SSSR count). The van der Waals surface area contributed by atoms with Crippen molar-refractivity contribution in [1.82, 2.24) is 5.32 Å². The smallest absolute Gasteiger partial charge is 0.348 e. The van der Waals surface area contributed by atoms with E-state index in [0.717, 1.165) is 10.1 Å². The number of nitrogens with one attached hydrogen (secondary N) is 3. The molecule has 0 aliphatic heterocycles. The largest absolute Gasteiger partial charge is 0.462 e. The minimum atomic E-state index is -0.744. The molecule has 1 aromatic heterocycles. The first-order chi connectivity index (χ1) is 14.0. The van der Waals surface area contributed by atoms with Gasteiger partial charge in [-0.3, -0.25) is 4.79 Å². The Balaban J connectivity index is 1.61. The van der Waals surface area contributed by atoms with Gasteiger partial charge in [-0.05, 0) is 55.6 Å². The standard InChI is InChI=1S/C21H21N3O4S/c1-3-28-20(26)18-12-14-11-16(9-10-17(14)29-18)23-19(25)13(2)22-21(27)24-15-7-5-4-6-8-15/h4-13H,3H2,1-2H3,(H,23,25)(H2,22,24,27). The number of hydrogen-bond acceptors (Lipinski definition) is 5. The highest BCUT2D eigenvalue weighted by Gasteiger charge is 2.17. The normalized spacial score (nSPS) is 11.5. The lowest BCUT2D eigenvalue weighted by molar-refractivity contribution is -0.117. The maximum Gasteiger partial charge on any atom is 0.348 e. The lowest BCUT2D eigenvalue weighted by Gasteiger charge is -2.15. The van der Waals surface area contributed by atoms with Crippen LogP contribution in [0.5, 0.6) is 0 Å². The molecule has 1 unspecified atom stereocenters. The van der Waals surface area contributed by atoms with Crippen LogP contribution in [0.2, 0.25) is 0 Å². The van der Waals surface area contributed by atoms with Crippen molar-refractivity contribution < 1.29 is 19.1 Å². The van der Waals surface area contributed by atoms with Gasteiger partial charge in [0, 0.05) is 16.1 Å². The van der Waals surface area contributed by atoms with Gasteiger partial charge in [0.15, 0.2) is 0 Å². The molecule has 2 aromatic carbocycles. The van der Waals surface area contributed by atoms with E-state index in [1.165, 1.54) is 11.3 Å². The average Bonchev–Trinajstić information content (AvgIpc) is 3.12. The van der Waals surface area contributed by atoms with E-state index in [2.05, 4.69) is 16.0 Å². The maximum absolute atomic E-state index is 12.4. The summed E-state index contributed by atoms with van der Waals surface area (Å²) in [5, 5.41) is 8.87. The molecule has 3 aromatic rings. The van der Waals surface area contributed by atoms with Gasteiger partial charge in [0.05, 0.1) is 6.61 Å². The second-order valence-electron chi connectivity index (χ2n) is 6.26. The molecule has 0 radical (unpaired) electrons. The van der Waals surface area contributed by atoms with E-state index in [9.17, 15) is 14.4 Å². The Morgan fingerprint density at radius 1 is 1.00 bits per heavy atom. The third-order valence-corrected chi connectivity index (χ3v) is 5.13. The monoisotopic (exact) mass is 411 g/mol. The first-order valence-corrected chi connectivity index (χ1v) is 9.92. The van der Waals surface area contributed by atoms with E-state index < -0.39 is 12.1 Å². The predicted octanol–water partition coefficient (Wildman–Crippen LogP) is 4.23. The zero-order valence-corrected chi connectivity index (χ0v) is 16.8. The number of thiophene rings is 1. The SMILES string of the molecule is CCOC(=O)c1cc2cc(NC(=O)C(C)NC(=O)Nc3ccccc3)ccc2s1. The number of amides is 3. The van der Waals surface area contributed by atoms with Crippen molar-refractivity contribution in [2.24, 2.45) is 0 Å². The van der Waals surface area contributed by atoms with Gasteiger partial charge in [0.2, 0.25) is 5.91 Å². The zero-order valence-electron chi connectivity index (χ0n) is 16.0. The van der Waals surface area contributed by atoms with Gasteiger partial charge in [0.1, 0.15) is 10.9 Å². The van der Waals surface area contributed by atoms with Gasteiger partial charge in [-0.25, -0.2) is 9.59 Å². The molecule has 3 amide bonds. The number of urea groups is 1. The minimum Gasteiger partial charge on any atom is -0.462 e. The summed E-state index contributed by atoms with van der Waals surface area (Å²) in [6, 6.07) is 14.9. The molecule has 0 aliphatic carbocycles. The number of carbonyl (C=O) groups excluding carboxylic acids is 3. The fourth-order valence-electron chi connectivity index (χ4n) is 2.63. The summed E-state index contributed by atoms with van der Waals surface area (Å²) in [5.74, 6) is -0.713. The Bertz CT molecular complexity index is 1030. The van der Waals surface area contributed by atoms with Crippen LogP contribution in [-0.2, 0) is 9.53 Å². The van der Waals surface area contributed by atoms with Crippen molar-refractivity contribution in [3.63, 3.8) is 0 Å². The molecule has 0 saturated heterocycles. The number of carbonyl (C=O) groups is 3. The molecule has 29 heavy (non-hydrogen) atoms. The fraction of sp³-hybridized carbons (Fsp3) is 0.190. The van der Waals surface area contributed by atoms with Crippen LogP contribution >= 0.6 is 11.3 Å². The van der Waals surface area contributed by atoms with Gasteiger partial charge >= 0.3 is 12.0 Å². The van der Waals surface area contributed by atoms with Crippen LogP contribution < -0.4 is 16.0 Å². The summed E-state index contributed by atoms with van der Waals surface area (Å²) in [6.07, 6.45) is 0. The van der Waals surface area contributed by atoms with E-state index in [1.54, 1.807) is 56.3 Å². The fourth-order valence-corrected chi connectivity index (χ4v) is 3.56. The van der Waals surface area contributed by atoms with E-state index in [4.69, 9.17) is 4.74 Å². The second-order valence-corrected chi connectivity index (χ2v) is 7.34. The molecule has 1 heterocycles. The highest BCUT2D eigenvalue weighted by atomic mass is 32.1. The lowest BCUT2D eigenvalue weighted by atomic mass is 10.2. The average molecular weight is 411 g/mol. The van der Waals surface area contributed by atoms with Crippen LogP contribution in [0.3, 0.4) is 0 Å². The Morgan fingerprint density at radius 3 is 2.48 bits per heavy atom. The third kappa shape index (κ3) is 5.32. The molecule has 0 aliphatic rings. The second kappa shape index (κ2) is 9.20. The third-order valence-electron chi connectivity index (χ3n) is 4.03. The number of benzene rings is 2. The molecular formula is C21H21N3O4S. The highest BCUT2D eigenvalue weighted by Crippen LogP contribution is 2.28. The Labute approximate surface area is 172 Å². The van der Waals surface area contributed by atoms with Gasteiger partial charge in [0.25, 0.3) is 0 Å². The number of esters is 1.